The molecule has 0 saturated heterocycles. The molecule has 82 valence electrons. The van der Waals surface area contributed by atoms with Crippen molar-refractivity contribution in [1.29, 1.82) is 0 Å². The third-order valence-electron chi connectivity index (χ3n) is 3.31. The highest BCUT2D eigenvalue weighted by Gasteiger charge is 2.39. The standard InChI is InChI=1S/C11H12ClF2N/c12-9-7(2-3-8(13)10(9)14)11(6-15)4-1-5-11/h2-3H,1,4-6,15H2. The molecule has 1 fully saturated rings. The molecule has 1 aromatic carbocycles. The van der Waals surface area contributed by atoms with E-state index in [1.807, 2.05) is 0 Å². The van der Waals surface area contributed by atoms with Crippen LogP contribution < -0.4 is 5.73 Å². The van der Waals surface area contributed by atoms with Crippen molar-refractivity contribution < 1.29 is 8.78 Å². The van der Waals surface area contributed by atoms with Gasteiger partial charge in [-0.2, -0.15) is 0 Å². The normalized spacial score (nSPS) is 18.7. The summed E-state index contributed by atoms with van der Waals surface area (Å²) in [5, 5.41) is -0.111. The first-order chi connectivity index (χ1) is 7.10. The lowest BCUT2D eigenvalue weighted by Crippen LogP contribution is -2.41. The topological polar surface area (TPSA) is 26.0 Å². The summed E-state index contributed by atoms with van der Waals surface area (Å²) in [5.74, 6) is -1.87. The van der Waals surface area contributed by atoms with E-state index in [-0.39, 0.29) is 10.4 Å². The van der Waals surface area contributed by atoms with Gasteiger partial charge in [0.1, 0.15) is 0 Å². The zero-order valence-electron chi connectivity index (χ0n) is 8.19. The molecule has 0 atom stereocenters. The fraction of sp³-hybridized carbons (Fsp3) is 0.455. The van der Waals surface area contributed by atoms with E-state index < -0.39 is 11.6 Å². The van der Waals surface area contributed by atoms with Crippen LogP contribution in [0.2, 0.25) is 5.02 Å². The first-order valence-corrected chi connectivity index (χ1v) is 5.32. The van der Waals surface area contributed by atoms with Crippen LogP contribution in [0.4, 0.5) is 8.78 Å². The van der Waals surface area contributed by atoms with Gasteiger partial charge in [-0.15, -0.1) is 0 Å². The molecule has 1 nitrogen and oxygen atoms in total. The van der Waals surface area contributed by atoms with Gasteiger partial charge in [-0.3, -0.25) is 0 Å². The number of rotatable bonds is 2. The van der Waals surface area contributed by atoms with Crippen molar-refractivity contribution in [3.63, 3.8) is 0 Å². The first kappa shape index (κ1) is 10.8. The summed E-state index contributed by atoms with van der Waals surface area (Å²) >= 11 is 5.80. The Kier molecular flexibility index (Phi) is 2.69. The highest BCUT2D eigenvalue weighted by molar-refractivity contribution is 6.31. The molecular formula is C11H12ClF2N. The third-order valence-corrected chi connectivity index (χ3v) is 3.68. The summed E-state index contributed by atoms with van der Waals surface area (Å²) in [4.78, 5) is 0. The first-order valence-electron chi connectivity index (χ1n) is 4.95. The Balaban J connectivity index is 2.49. The van der Waals surface area contributed by atoms with Crippen molar-refractivity contribution in [2.75, 3.05) is 6.54 Å². The van der Waals surface area contributed by atoms with Gasteiger partial charge >= 0.3 is 0 Å². The lowest BCUT2D eigenvalue weighted by atomic mass is 9.64. The Morgan fingerprint density at radius 2 is 2.00 bits per heavy atom. The minimum absolute atomic E-state index is 0.111. The van der Waals surface area contributed by atoms with Crippen LogP contribution in [0, 0.1) is 11.6 Å². The molecule has 0 unspecified atom stereocenters. The van der Waals surface area contributed by atoms with E-state index in [9.17, 15) is 8.78 Å². The van der Waals surface area contributed by atoms with Gasteiger partial charge in [0.05, 0.1) is 5.02 Å². The van der Waals surface area contributed by atoms with E-state index >= 15 is 0 Å². The van der Waals surface area contributed by atoms with Crippen LogP contribution in [-0.2, 0) is 5.41 Å². The van der Waals surface area contributed by atoms with Crippen molar-refractivity contribution in [3.05, 3.63) is 34.4 Å². The molecule has 0 amide bonds. The molecule has 15 heavy (non-hydrogen) atoms. The molecule has 0 aromatic heterocycles. The molecule has 4 heteroatoms. The van der Waals surface area contributed by atoms with Crippen LogP contribution in [0.1, 0.15) is 24.8 Å². The lowest BCUT2D eigenvalue weighted by molar-refractivity contribution is 0.252. The lowest BCUT2D eigenvalue weighted by Gasteiger charge is -2.42. The maximum absolute atomic E-state index is 13.3. The van der Waals surface area contributed by atoms with E-state index in [1.54, 1.807) is 6.07 Å². The molecule has 0 bridgehead atoms. The van der Waals surface area contributed by atoms with Gasteiger partial charge in [-0.05, 0) is 24.5 Å². The summed E-state index contributed by atoms with van der Waals surface area (Å²) in [7, 11) is 0. The van der Waals surface area contributed by atoms with Gasteiger partial charge in [0, 0.05) is 12.0 Å². The van der Waals surface area contributed by atoms with E-state index in [2.05, 4.69) is 0 Å². The maximum atomic E-state index is 13.3. The molecule has 1 aliphatic rings. The van der Waals surface area contributed by atoms with Crippen molar-refractivity contribution in [2.24, 2.45) is 5.73 Å². The van der Waals surface area contributed by atoms with E-state index in [1.165, 1.54) is 0 Å². The molecule has 0 spiro atoms. The number of hydrogen-bond acceptors (Lipinski definition) is 1. The number of halogens is 3. The largest absolute Gasteiger partial charge is 0.330 e. The summed E-state index contributed by atoms with van der Waals surface area (Å²) in [5.41, 5.74) is 6.10. The number of hydrogen-bond donors (Lipinski definition) is 1. The van der Waals surface area contributed by atoms with Crippen LogP contribution in [0.3, 0.4) is 0 Å². The Morgan fingerprint density at radius 1 is 1.33 bits per heavy atom. The molecule has 1 aromatic rings. The molecular weight excluding hydrogens is 220 g/mol. The fourth-order valence-corrected chi connectivity index (χ4v) is 2.48. The van der Waals surface area contributed by atoms with Gasteiger partial charge < -0.3 is 5.73 Å². The average molecular weight is 232 g/mol. The van der Waals surface area contributed by atoms with Crippen LogP contribution in [0.5, 0.6) is 0 Å². The highest BCUT2D eigenvalue weighted by Crippen LogP contribution is 2.46. The Bertz CT molecular complexity index is 383. The summed E-state index contributed by atoms with van der Waals surface area (Å²) in [6, 6.07) is 2.67. The minimum atomic E-state index is -0.964. The smallest absolute Gasteiger partial charge is 0.177 e. The van der Waals surface area contributed by atoms with Gasteiger partial charge in [0.25, 0.3) is 0 Å². The second-order valence-electron chi connectivity index (χ2n) is 4.06. The third kappa shape index (κ3) is 1.54. The Labute approximate surface area is 92.2 Å². The molecule has 0 radical (unpaired) electrons. The quantitative estimate of drug-likeness (QED) is 0.778. The summed E-state index contributed by atoms with van der Waals surface area (Å²) in [6.45, 7) is 0.428. The van der Waals surface area contributed by atoms with E-state index in [0.29, 0.717) is 12.1 Å². The van der Waals surface area contributed by atoms with E-state index in [0.717, 1.165) is 25.3 Å². The van der Waals surface area contributed by atoms with Crippen molar-refractivity contribution in [1.82, 2.24) is 0 Å². The Morgan fingerprint density at radius 3 is 2.47 bits per heavy atom. The predicted molar refractivity (Wildman–Crippen MR) is 56.0 cm³/mol. The van der Waals surface area contributed by atoms with Gasteiger partial charge in [0.2, 0.25) is 0 Å². The van der Waals surface area contributed by atoms with E-state index in [4.69, 9.17) is 17.3 Å². The van der Waals surface area contributed by atoms with Crippen LogP contribution in [0.15, 0.2) is 12.1 Å². The second kappa shape index (κ2) is 3.72. The predicted octanol–water partition coefficient (Wildman–Crippen LogP) is 3.00. The van der Waals surface area contributed by atoms with Crippen molar-refractivity contribution >= 4 is 11.6 Å². The Hall–Kier alpha value is -0.670. The van der Waals surface area contributed by atoms with Gasteiger partial charge in [0.15, 0.2) is 11.6 Å². The maximum Gasteiger partial charge on any atom is 0.177 e. The molecule has 0 heterocycles. The average Bonchev–Trinajstić information content (AvgIpc) is 2.17. The molecule has 1 aliphatic carbocycles. The highest BCUT2D eigenvalue weighted by atomic mass is 35.5. The zero-order valence-corrected chi connectivity index (χ0v) is 8.95. The molecule has 2 N–H and O–H groups in total. The monoisotopic (exact) mass is 231 g/mol. The van der Waals surface area contributed by atoms with Crippen molar-refractivity contribution in [2.45, 2.75) is 24.7 Å². The van der Waals surface area contributed by atoms with Gasteiger partial charge in [-0.1, -0.05) is 24.1 Å². The van der Waals surface area contributed by atoms with Crippen LogP contribution >= 0.6 is 11.6 Å². The SMILES string of the molecule is NCC1(c2ccc(F)c(F)c2Cl)CCC1. The number of nitrogens with two attached hydrogens (primary N) is 1. The van der Waals surface area contributed by atoms with Crippen molar-refractivity contribution in [3.8, 4) is 0 Å². The number of benzene rings is 1. The second-order valence-corrected chi connectivity index (χ2v) is 4.44. The fourth-order valence-electron chi connectivity index (χ4n) is 2.12. The minimum Gasteiger partial charge on any atom is -0.330 e. The van der Waals surface area contributed by atoms with Crippen LogP contribution in [-0.4, -0.2) is 6.54 Å². The summed E-state index contributed by atoms with van der Waals surface area (Å²) < 4.78 is 26.2. The molecule has 0 aliphatic heterocycles. The van der Waals surface area contributed by atoms with Crippen LogP contribution in [0.25, 0.3) is 0 Å². The zero-order chi connectivity index (χ0) is 11.1. The molecule has 1 saturated carbocycles. The summed E-state index contributed by atoms with van der Waals surface area (Å²) in [6.07, 6.45) is 2.86. The molecule has 2 rings (SSSR count). The van der Waals surface area contributed by atoms with Gasteiger partial charge in [-0.25, -0.2) is 8.78 Å².